The van der Waals surface area contributed by atoms with Crippen molar-refractivity contribution in [1.82, 2.24) is 9.99 Å². The highest BCUT2D eigenvalue weighted by Gasteiger charge is 2.19. The van der Waals surface area contributed by atoms with E-state index < -0.39 is 0 Å². The van der Waals surface area contributed by atoms with E-state index in [1.165, 1.54) is 32.1 Å². The van der Waals surface area contributed by atoms with Gasteiger partial charge in [-0.1, -0.05) is 19.3 Å². The molecule has 4 nitrogen and oxygen atoms in total. The number of amides is 1. The second kappa shape index (κ2) is 4.49. The van der Waals surface area contributed by atoms with Crippen LogP contribution in [0.15, 0.2) is 18.3 Å². The molecule has 1 aliphatic rings. The zero-order chi connectivity index (χ0) is 10.7. The number of hydrazine groups is 1. The predicted octanol–water partition coefficient (Wildman–Crippen LogP) is 1.60. The Morgan fingerprint density at radius 2 is 2.13 bits per heavy atom. The highest BCUT2D eigenvalue weighted by atomic mass is 16.2. The summed E-state index contributed by atoms with van der Waals surface area (Å²) in [5, 5.41) is 0. The van der Waals surface area contributed by atoms with Crippen molar-refractivity contribution in [3.8, 4) is 0 Å². The summed E-state index contributed by atoms with van der Waals surface area (Å²) in [5.41, 5.74) is 2.86. The van der Waals surface area contributed by atoms with E-state index in [1.54, 1.807) is 0 Å². The average Bonchev–Trinajstić information content (AvgIpc) is 2.78. The number of nitrogens with one attached hydrogen (secondary N) is 1. The molecule has 1 aromatic rings. The summed E-state index contributed by atoms with van der Waals surface area (Å²) in [7, 11) is 0. The largest absolute Gasteiger partial charge is 0.340 e. The molecule has 1 aliphatic carbocycles. The maximum absolute atomic E-state index is 11.5. The molecule has 1 amide bonds. The summed E-state index contributed by atoms with van der Waals surface area (Å²) in [6.07, 6.45) is 8.13. The van der Waals surface area contributed by atoms with E-state index in [0.29, 0.717) is 11.7 Å². The fourth-order valence-electron chi connectivity index (χ4n) is 2.34. The predicted molar refractivity (Wildman–Crippen MR) is 58.2 cm³/mol. The molecule has 0 saturated heterocycles. The third-order valence-electron chi connectivity index (χ3n) is 3.11. The summed E-state index contributed by atoms with van der Waals surface area (Å²) in [6, 6.07) is 4.19. The first-order valence-electron chi connectivity index (χ1n) is 5.50. The van der Waals surface area contributed by atoms with Crippen molar-refractivity contribution in [1.29, 1.82) is 0 Å². The lowest BCUT2D eigenvalue weighted by atomic mass is 9.95. The Morgan fingerprint density at radius 3 is 2.80 bits per heavy atom. The standard InChI is InChI=1S/C11H17N3O/c12-13-11(15)10-7-4-8-14(10)9-5-2-1-3-6-9/h4,7-9H,1-3,5-6,12H2,(H,13,15). The van der Waals surface area contributed by atoms with Gasteiger partial charge in [0.2, 0.25) is 0 Å². The minimum Gasteiger partial charge on any atom is -0.340 e. The van der Waals surface area contributed by atoms with Crippen molar-refractivity contribution in [2.24, 2.45) is 5.84 Å². The van der Waals surface area contributed by atoms with Gasteiger partial charge in [-0.25, -0.2) is 5.84 Å². The fraction of sp³-hybridized carbons (Fsp3) is 0.545. The summed E-state index contributed by atoms with van der Waals surface area (Å²) in [4.78, 5) is 11.5. The maximum Gasteiger partial charge on any atom is 0.281 e. The summed E-state index contributed by atoms with van der Waals surface area (Å²) >= 11 is 0. The van der Waals surface area contributed by atoms with Gasteiger partial charge in [0.25, 0.3) is 5.91 Å². The number of carbonyl (C=O) groups excluding carboxylic acids is 1. The number of nitrogen functional groups attached to an aromatic ring is 1. The average molecular weight is 207 g/mol. The Bertz CT molecular complexity index is 339. The molecular formula is C11H17N3O. The molecule has 1 aromatic heterocycles. The van der Waals surface area contributed by atoms with Crippen molar-refractivity contribution in [2.75, 3.05) is 0 Å². The first-order valence-corrected chi connectivity index (χ1v) is 5.50. The van der Waals surface area contributed by atoms with E-state index in [0.717, 1.165) is 0 Å². The Labute approximate surface area is 89.4 Å². The van der Waals surface area contributed by atoms with E-state index in [2.05, 4.69) is 9.99 Å². The summed E-state index contributed by atoms with van der Waals surface area (Å²) < 4.78 is 2.06. The quantitative estimate of drug-likeness (QED) is 0.439. The van der Waals surface area contributed by atoms with Gasteiger partial charge in [0.1, 0.15) is 5.69 Å². The topological polar surface area (TPSA) is 60.0 Å². The molecule has 1 saturated carbocycles. The van der Waals surface area contributed by atoms with Crippen LogP contribution in [0.5, 0.6) is 0 Å². The lowest BCUT2D eigenvalue weighted by Gasteiger charge is -2.24. The highest BCUT2D eigenvalue weighted by Crippen LogP contribution is 2.29. The van der Waals surface area contributed by atoms with Gasteiger partial charge in [-0.15, -0.1) is 0 Å². The molecular weight excluding hydrogens is 190 g/mol. The molecule has 0 spiro atoms. The van der Waals surface area contributed by atoms with Crippen molar-refractivity contribution in [3.05, 3.63) is 24.0 Å². The molecule has 3 N–H and O–H groups in total. The summed E-state index contributed by atoms with van der Waals surface area (Å²) in [5.74, 6) is 4.95. The van der Waals surface area contributed by atoms with Crippen LogP contribution in [0.2, 0.25) is 0 Å². The number of hydrogen-bond donors (Lipinski definition) is 2. The normalized spacial score (nSPS) is 17.7. The van der Waals surface area contributed by atoms with Crippen LogP contribution in [0.3, 0.4) is 0 Å². The maximum atomic E-state index is 11.5. The molecule has 1 fully saturated rings. The van der Waals surface area contributed by atoms with Crippen LogP contribution >= 0.6 is 0 Å². The molecule has 0 aliphatic heterocycles. The van der Waals surface area contributed by atoms with Gasteiger partial charge in [0.15, 0.2) is 0 Å². The molecule has 0 radical (unpaired) electrons. The Hall–Kier alpha value is -1.29. The molecule has 82 valence electrons. The van der Waals surface area contributed by atoms with E-state index in [9.17, 15) is 4.79 Å². The lowest BCUT2D eigenvalue weighted by Crippen LogP contribution is -2.32. The van der Waals surface area contributed by atoms with Crippen LogP contribution in [0.1, 0.15) is 48.6 Å². The van der Waals surface area contributed by atoms with E-state index in [-0.39, 0.29) is 5.91 Å². The molecule has 0 unspecified atom stereocenters. The van der Waals surface area contributed by atoms with Crippen LogP contribution in [0, 0.1) is 0 Å². The van der Waals surface area contributed by atoms with E-state index >= 15 is 0 Å². The number of nitrogens with zero attached hydrogens (tertiary/aromatic N) is 1. The lowest BCUT2D eigenvalue weighted by molar-refractivity contribution is 0.0940. The van der Waals surface area contributed by atoms with Gasteiger partial charge < -0.3 is 4.57 Å². The Balaban J connectivity index is 2.19. The van der Waals surface area contributed by atoms with Crippen LogP contribution in [0.25, 0.3) is 0 Å². The van der Waals surface area contributed by atoms with Gasteiger partial charge in [-0.2, -0.15) is 0 Å². The van der Waals surface area contributed by atoms with Crippen molar-refractivity contribution >= 4 is 5.91 Å². The minimum atomic E-state index is -0.203. The Morgan fingerprint density at radius 1 is 1.40 bits per heavy atom. The number of nitrogens with two attached hydrogens (primary N) is 1. The van der Waals surface area contributed by atoms with Crippen molar-refractivity contribution < 1.29 is 4.79 Å². The van der Waals surface area contributed by atoms with Crippen LogP contribution in [0.4, 0.5) is 0 Å². The van der Waals surface area contributed by atoms with Gasteiger partial charge in [-0.3, -0.25) is 10.2 Å². The third-order valence-corrected chi connectivity index (χ3v) is 3.11. The first-order chi connectivity index (χ1) is 7.33. The van der Waals surface area contributed by atoms with Crippen molar-refractivity contribution in [2.45, 2.75) is 38.1 Å². The SMILES string of the molecule is NNC(=O)c1cccn1C1CCCCC1. The molecule has 0 aromatic carbocycles. The second-order valence-electron chi connectivity index (χ2n) is 4.07. The minimum absolute atomic E-state index is 0.203. The van der Waals surface area contributed by atoms with E-state index in [1.807, 2.05) is 18.3 Å². The van der Waals surface area contributed by atoms with Crippen LogP contribution in [-0.2, 0) is 0 Å². The zero-order valence-corrected chi connectivity index (χ0v) is 8.78. The van der Waals surface area contributed by atoms with E-state index in [4.69, 9.17) is 5.84 Å². The number of hydrogen-bond acceptors (Lipinski definition) is 2. The van der Waals surface area contributed by atoms with Gasteiger partial charge in [-0.05, 0) is 25.0 Å². The number of aromatic nitrogens is 1. The summed E-state index contributed by atoms with van der Waals surface area (Å²) in [6.45, 7) is 0. The van der Waals surface area contributed by atoms with Gasteiger partial charge >= 0.3 is 0 Å². The molecule has 0 bridgehead atoms. The molecule has 4 heteroatoms. The molecule has 1 heterocycles. The molecule has 2 rings (SSSR count). The fourth-order valence-corrected chi connectivity index (χ4v) is 2.34. The zero-order valence-electron chi connectivity index (χ0n) is 8.78. The van der Waals surface area contributed by atoms with Crippen molar-refractivity contribution in [3.63, 3.8) is 0 Å². The smallest absolute Gasteiger partial charge is 0.281 e. The third kappa shape index (κ3) is 2.04. The highest BCUT2D eigenvalue weighted by molar-refractivity contribution is 5.92. The van der Waals surface area contributed by atoms with Gasteiger partial charge in [0, 0.05) is 12.2 Å². The first kappa shape index (κ1) is 10.2. The second-order valence-corrected chi connectivity index (χ2v) is 4.07. The number of rotatable bonds is 2. The van der Waals surface area contributed by atoms with Crippen LogP contribution in [-0.4, -0.2) is 10.5 Å². The van der Waals surface area contributed by atoms with Crippen LogP contribution < -0.4 is 11.3 Å². The monoisotopic (exact) mass is 207 g/mol. The molecule has 0 atom stereocenters. The molecule has 15 heavy (non-hydrogen) atoms. The number of carbonyl (C=O) groups is 1. The Kier molecular flexibility index (Phi) is 3.06. The van der Waals surface area contributed by atoms with Gasteiger partial charge in [0.05, 0.1) is 0 Å².